The third kappa shape index (κ3) is 4.95. The summed E-state index contributed by atoms with van der Waals surface area (Å²) >= 11 is 0. The fraction of sp³-hybridized carbons (Fsp3) is 0.550. The van der Waals surface area contributed by atoms with Crippen molar-refractivity contribution >= 4 is 27.7 Å². The van der Waals surface area contributed by atoms with Crippen LogP contribution in [0.3, 0.4) is 0 Å². The number of nitrogens with zero attached hydrogens (tertiary/aromatic N) is 1. The largest absolute Gasteiger partial charge is 0.356 e. The topological polar surface area (TPSA) is 113 Å². The molecule has 1 saturated heterocycles. The number of amides is 4. The third-order valence-electron chi connectivity index (χ3n) is 5.53. The zero-order chi connectivity index (χ0) is 20.9. The Labute approximate surface area is 170 Å². The SMILES string of the molecule is O=C(CCN1C(=O)NC2(CCCCC2)C1=O)NCCCS(=O)(=O)c1ccccc1. The first-order valence-electron chi connectivity index (χ1n) is 10.0. The van der Waals surface area contributed by atoms with Crippen molar-refractivity contribution < 1.29 is 22.8 Å². The maximum Gasteiger partial charge on any atom is 0.325 e. The predicted octanol–water partition coefficient (Wildman–Crippen LogP) is 1.61. The summed E-state index contributed by atoms with van der Waals surface area (Å²) in [5.41, 5.74) is -0.780. The highest BCUT2D eigenvalue weighted by Crippen LogP contribution is 2.33. The van der Waals surface area contributed by atoms with Crippen LogP contribution in [-0.4, -0.2) is 55.5 Å². The molecule has 0 radical (unpaired) electrons. The van der Waals surface area contributed by atoms with Crippen molar-refractivity contribution in [2.24, 2.45) is 0 Å². The zero-order valence-corrected chi connectivity index (χ0v) is 17.2. The molecule has 0 unspecified atom stereocenters. The van der Waals surface area contributed by atoms with Crippen molar-refractivity contribution in [3.8, 4) is 0 Å². The number of rotatable bonds is 8. The highest BCUT2D eigenvalue weighted by atomic mass is 32.2. The smallest absolute Gasteiger partial charge is 0.325 e. The van der Waals surface area contributed by atoms with Gasteiger partial charge >= 0.3 is 6.03 Å². The van der Waals surface area contributed by atoms with Gasteiger partial charge in [-0.1, -0.05) is 37.5 Å². The number of imide groups is 1. The Bertz CT molecular complexity index is 863. The van der Waals surface area contributed by atoms with Crippen LogP contribution in [0.1, 0.15) is 44.9 Å². The molecule has 9 heteroatoms. The van der Waals surface area contributed by atoms with Crippen LogP contribution in [-0.2, 0) is 19.4 Å². The van der Waals surface area contributed by atoms with Crippen molar-refractivity contribution in [3.63, 3.8) is 0 Å². The summed E-state index contributed by atoms with van der Waals surface area (Å²) in [5, 5.41) is 5.47. The molecule has 29 heavy (non-hydrogen) atoms. The summed E-state index contributed by atoms with van der Waals surface area (Å²) < 4.78 is 24.4. The lowest BCUT2D eigenvalue weighted by molar-refractivity contribution is -0.132. The van der Waals surface area contributed by atoms with E-state index in [1.807, 2.05) is 0 Å². The van der Waals surface area contributed by atoms with Crippen molar-refractivity contribution in [1.82, 2.24) is 15.5 Å². The van der Waals surface area contributed by atoms with Gasteiger partial charge in [0.15, 0.2) is 9.84 Å². The first-order chi connectivity index (χ1) is 13.8. The molecular weight excluding hydrogens is 394 g/mol. The molecule has 0 atom stereocenters. The van der Waals surface area contributed by atoms with Gasteiger partial charge < -0.3 is 10.6 Å². The Kier molecular flexibility index (Phi) is 6.56. The maximum absolute atomic E-state index is 12.7. The van der Waals surface area contributed by atoms with Gasteiger partial charge in [0.05, 0.1) is 10.6 Å². The van der Waals surface area contributed by atoms with Crippen LogP contribution in [0.15, 0.2) is 35.2 Å². The van der Waals surface area contributed by atoms with E-state index in [2.05, 4.69) is 10.6 Å². The maximum atomic E-state index is 12.7. The molecule has 1 heterocycles. The quantitative estimate of drug-likeness (QED) is 0.489. The summed E-state index contributed by atoms with van der Waals surface area (Å²) in [6.07, 6.45) is 4.47. The minimum absolute atomic E-state index is 0.000670. The molecule has 0 aromatic heterocycles. The first kappa shape index (κ1) is 21.3. The van der Waals surface area contributed by atoms with Gasteiger partial charge in [0.1, 0.15) is 5.54 Å². The minimum Gasteiger partial charge on any atom is -0.356 e. The Hall–Kier alpha value is -2.42. The molecule has 0 bridgehead atoms. The van der Waals surface area contributed by atoms with Gasteiger partial charge in [-0.25, -0.2) is 13.2 Å². The molecule has 2 aliphatic rings. The third-order valence-corrected chi connectivity index (χ3v) is 7.35. The summed E-state index contributed by atoms with van der Waals surface area (Å²) in [5.74, 6) is -0.608. The standard InChI is InChI=1S/C20H27N3O5S/c24-17(21-13-7-15-29(27,28)16-8-3-1-4-9-16)10-14-23-18(25)20(22-19(23)26)11-5-2-6-12-20/h1,3-4,8-9H,2,5-7,10-15H2,(H,21,24)(H,22,26). The number of sulfone groups is 1. The molecule has 4 amide bonds. The molecule has 3 rings (SSSR count). The van der Waals surface area contributed by atoms with Crippen LogP contribution in [0.25, 0.3) is 0 Å². The molecule has 158 valence electrons. The fourth-order valence-electron chi connectivity index (χ4n) is 3.91. The van der Waals surface area contributed by atoms with E-state index in [9.17, 15) is 22.8 Å². The van der Waals surface area contributed by atoms with Gasteiger partial charge in [-0.15, -0.1) is 0 Å². The summed E-state index contributed by atoms with van der Waals surface area (Å²) in [6, 6.07) is 7.75. The van der Waals surface area contributed by atoms with E-state index in [0.717, 1.165) is 24.2 Å². The fourth-order valence-corrected chi connectivity index (χ4v) is 5.24. The molecule has 1 aliphatic heterocycles. The number of nitrogens with one attached hydrogen (secondary N) is 2. The number of hydrogen-bond donors (Lipinski definition) is 2. The molecule has 1 aromatic rings. The lowest BCUT2D eigenvalue weighted by Crippen LogP contribution is -2.48. The van der Waals surface area contributed by atoms with Crippen molar-refractivity contribution in [2.75, 3.05) is 18.8 Å². The number of urea groups is 1. The predicted molar refractivity (Wildman–Crippen MR) is 107 cm³/mol. The van der Waals surface area contributed by atoms with E-state index >= 15 is 0 Å². The molecule has 1 spiro atoms. The molecular formula is C20H27N3O5S. The van der Waals surface area contributed by atoms with E-state index in [1.165, 1.54) is 0 Å². The Balaban J connectivity index is 1.40. The lowest BCUT2D eigenvalue weighted by atomic mass is 9.82. The Morgan fingerprint density at radius 1 is 1.10 bits per heavy atom. The van der Waals surface area contributed by atoms with Crippen molar-refractivity contribution in [1.29, 1.82) is 0 Å². The monoisotopic (exact) mass is 421 g/mol. The summed E-state index contributed by atoms with van der Waals surface area (Å²) in [4.78, 5) is 38.3. The molecule has 1 aromatic carbocycles. The molecule has 2 fully saturated rings. The Morgan fingerprint density at radius 2 is 1.79 bits per heavy atom. The van der Waals surface area contributed by atoms with Crippen LogP contribution in [0.2, 0.25) is 0 Å². The number of hydrogen-bond acceptors (Lipinski definition) is 5. The van der Waals surface area contributed by atoms with Crippen LogP contribution >= 0.6 is 0 Å². The van der Waals surface area contributed by atoms with Gasteiger partial charge in [-0.3, -0.25) is 14.5 Å². The van der Waals surface area contributed by atoms with E-state index in [-0.39, 0.29) is 48.4 Å². The van der Waals surface area contributed by atoms with E-state index in [1.54, 1.807) is 30.3 Å². The van der Waals surface area contributed by atoms with Gasteiger partial charge in [-0.05, 0) is 31.4 Å². The summed E-state index contributed by atoms with van der Waals surface area (Å²) in [6.45, 7) is 0.246. The normalized spacial score (nSPS) is 18.7. The van der Waals surface area contributed by atoms with E-state index in [4.69, 9.17) is 0 Å². The average molecular weight is 422 g/mol. The second kappa shape index (κ2) is 8.94. The van der Waals surface area contributed by atoms with Crippen LogP contribution in [0.5, 0.6) is 0 Å². The van der Waals surface area contributed by atoms with Crippen LogP contribution in [0, 0.1) is 0 Å². The average Bonchev–Trinajstić information content (AvgIpc) is 2.94. The number of carbonyl (C=O) groups excluding carboxylic acids is 3. The number of carbonyl (C=O) groups is 3. The molecule has 2 N–H and O–H groups in total. The summed E-state index contributed by atoms with van der Waals surface area (Å²) in [7, 11) is -3.37. The Morgan fingerprint density at radius 3 is 2.48 bits per heavy atom. The second-order valence-electron chi connectivity index (χ2n) is 7.62. The van der Waals surface area contributed by atoms with Crippen LogP contribution in [0.4, 0.5) is 4.79 Å². The molecule has 8 nitrogen and oxygen atoms in total. The lowest BCUT2D eigenvalue weighted by Gasteiger charge is -2.30. The van der Waals surface area contributed by atoms with Crippen molar-refractivity contribution in [3.05, 3.63) is 30.3 Å². The minimum atomic E-state index is -3.37. The zero-order valence-electron chi connectivity index (χ0n) is 16.4. The highest BCUT2D eigenvalue weighted by Gasteiger charge is 2.50. The second-order valence-corrected chi connectivity index (χ2v) is 9.72. The van der Waals surface area contributed by atoms with E-state index < -0.39 is 21.4 Å². The van der Waals surface area contributed by atoms with Gasteiger partial charge in [-0.2, -0.15) is 0 Å². The molecule has 1 saturated carbocycles. The first-order valence-corrected chi connectivity index (χ1v) is 11.7. The van der Waals surface area contributed by atoms with Gasteiger partial charge in [0.25, 0.3) is 5.91 Å². The van der Waals surface area contributed by atoms with E-state index in [0.29, 0.717) is 12.8 Å². The molecule has 1 aliphatic carbocycles. The van der Waals surface area contributed by atoms with Crippen molar-refractivity contribution in [2.45, 2.75) is 55.4 Å². The van der Waals surface area contributed by atoms with Gasteiger partial charge in [0.2, 0.25) is 5.91 Å². The number of benzene rings is 1. The highest BCUT2D eigenvalue weighted by molar-refractivity contribution is 7.91. The van der Waals surface area contributed by atoms with Gasteiger partial charge in [0, 0.05) is 19.5 Å². The van der Waals surface area contributed by atoms with Crippen LogP contribution < -0.4 is 10.6 Å².